The first-order valence-electron chi connectivity index (χ1n) is 7.74. The first-order valence-corrected chi connectivity index (χ1v) is 7.74. The number of fused-ring (bicyclic) bond motifs is 1. The molecule has 1 aliphatic rings. The van der Waals surface area contributed by atoms with Crippen molar-refractivity contribution in [3.63, 3.8) is 0 Å². The fraction of sp³-hybridized carbons (Fsp3) is 0.235. The Morgan fingerprint density at radius 1 is 1.38 bits per heavy atom. The van der Waals surface area contributed by atoms with Crippen LogP contribution in [0.3, 0.4) is 0 Å². The van der Waals surface area contributed by atoms with E-state index >= 15 is 0 Å². The lowest BCUT2D eigenvalue weighted by Crippen LogP contribution is -2.14. The molecule has 0 bridgehead atoms. The van der Waals surface area contributed by atoms with Gasteiger partial charge in [0, 0.05) is 40.9 Å². The van der Waals surface area contributed by atoms with Gasteiger partial charge in [-0.2, -0.15) is 0 Å². The quantitative estimate of drug-likeness (QED) is 0.684. The van der Waals surface area contributed by atoms with E-state index in [1.54, 1.807) is 25.4 Å². The predicted molar refractivity (Wildman–Crippen MR) is 91.6 cm³/mol. The summed E-state index contributed by atoms with van der Waals surface area (Å²) in [5.41, 5.74) is 8.15. The average molecular weight is 323 g/mol. The van der Waals surface area contributed by atoms with Gasteiger partial charge in [-0.3, -0.25) is 4.79 Å². The molecule has 0 saturated heterocycles. The number of aromatic amines is 1. The zero-order valence-corrected chi connectivity index (χ0v) is 13.2. The monoisotopic (exact) mass is 323 g/mol. The molecule has 0 spiro atoms. The number of rotatable bonds is 4. The number of methoxy groups -OCH3 is 1. The number of amides is 1. The van der Waals surface area contributed by atoms with Crippen molar-refractivity contribution in [3.8, 4) is 16.9 Å². The van der Waals surface area contributed by atoms with Crippen LogP contribution in [0.15, 0.2) is 30.6 Å². The van der Waals surface area contributed by atoms with Crippen LogP contribution in [-0.4, -0.2) is 28.0 Å². The van der Waals surface area contributed by atoms with E-state index in [1.807, 2.05) is 12.3 Å². The molecule has 0 aliphatic heterocycles. The number of carbonyl (C=O) groups is 1. The Hall–Kier alpha value is -3.09. The molecule has 0 aromatic carbocycles. The molecular weight excluding hydrogens is 306 g/mol. The number of anilines is 2. The number of nitrogen functional groups attached to an aromatic ring is 1. The summed E-state index contributed by atoms with van der Waals surface area (Å²) in [7, 11) is 1.59. The smallest absolute Gasteiger partial charge is 0.228 e. The van der Waals surface area contributed by atoms with Crippen LogP contribution in [0.25, 0.3) is 22.2 Å². The average Bonchev–Trinajstić information content (AvgIpc) is 3.36. The molecule has 0 radical (unpaired) electrons. The number of carbonyl (C=O) groups excluding carboxylic acids is 1. The largest absolute Gasteiger partial charge is 0.496 e. The molecule has 3 heterocycles. The third-order valence-electron chi connectivity index (χ3n) is 4.14. The molecule has 1 fully saturated rings. The van der Waals surface area contributed by atoms with Gasteiger partial charge in [0.15, 0.2) is 0 Å². The molecular formula is C17H17N5O2. The van der Waals surface area contributed by atoms with Crippen molar-refractivity contribution in [3.05, 3.63) is 30.6 Å². The van der Waals surface area contributed by atoms with Gasteiger partial charge in [-0.25, -0.2) is 9.97 Å². The van der Waals surface area contributed by atoms with Crippen LogP contribution in [0.2, 0.25) is 0 Å². The molecule has 4 rings (SSSR count). The van der Waals surface area contributed by atoms with Gasteiger partial charge in [-0.05, 0) is 25.0 Å². The first-order chi connectivity index (χ1) is 11.7. The maximum atomic E-state index is 11.9. The summed E-state index contributed by atoms with van der Waals surface area (Å²) in [5, 5.41) is 3.77. The summed E-state index contributed by atoms with van der Waals surface area (Å²) in [6.07, 6.45) is 5.45. The second kappa shape index (κ2) is 5.52. The van der Waals surface area contributed by atoms with Gasteiger partial charge in [0.25, 0.3) is 0 Å². The van der Waals surface area contributed by atoms with E-state index in [2.05, 4.69) is 20.3 Å². The van der Waals surface area contributed by atoms with Crippen molar-refractivity contribution in [2.45, 2.75) is 12.8 Å². The minimum Gasteiger partial charge on any atom is -0.496 e. The van der Waals surface area contributed by atoms with Gasteiger partial charge in [0.05, 0.1) is 7.11 Å². The Morgan fingerprint density at radius 3 is 2.96 bits per heavy atom. The van der Waals surface area contributed by atoms with Crippen molar-refractivity contribution in [1.82, 2.24) is 15.0 Å². The van der Waals surface area contributed by atoms with E-state index in [4.69, 9.17) is 10.5 Å². The fourth-order valence-corrected chi connectivity index (χ4v) is 2.69. The summed E-state index contributed by atoms with van der Waals surface area (Å²) >= 11 is 0. The second-order valence-electron chi connectivity index (χ2n) is 5.87. The number of nitrogens with two attached hydrogens (primary N) is 1. The first kappa shape index (κ1) is 14.5. The van der Waals surface area contributed by atoms with Crippen LogP contribution in [0, 0.1) is 5.92 Å². The predicted octanol–water partition coefficient (Wildman–Crippen LogP) is 2.56. The normalized spacial score (nSPS) is 13.9. The molecule has 7 heteroatoms. The lowest BCUT2D eigenvalue weighted by atomic mass is 10.1. The molecule has 1 aliphatic carbocycles. The Bertz CT molecular complexity index is 930. The van der Waals surface area contributed by atoms with Crippen LogP contribution in [-0.2, 0) is 4.79 Å². The van der Waals surface area contributed by atoms with Crippen molar-refractivity contribution in [2.75, 3.05) is 18.2 Å². The highest BCUT2D eigenvalue weighted by atomic mass is 16.5. The number of nitrogens with one attached hydrogen (secondary N) is 2. The van der Waals surface area contributed by atoms with Crippen LogP contribution >= 0.6 is 0 Å². The van der Waals surface area contributed by atoms with Crippen LogP contribution < -0.4 is 15.8 Å². The minimum absolute atomic E-state index is 0.0398. The number of aromatic nitrogens is 3. The van der Waals surface area contributed by atoms with Gasteiger partial charge in [-0.1, -0.05) is 0 Å². The van der Waals surface area contributed by atoms with Gasteiger partial charge >= 0.3 is 0 Å². The number of hydrogen-bond donors (Lipinski definition) is 3. The van der Waals surface area contributed by atoms with E-state index in [0.29, 0.717) is 23.0 Å². The molecule has 3 aromatic heterocycles. The topological polar surface area (TPSA) is 106 Å². The van der Waals surface area contributed by atoms with E-state index in [1.165, 1.54) is 0 Å². The lowest BCUT2D eigenvalue weighted by molar-refractivity contribution is -0.117. The lowest BCUT2D eigenvalue weighted by Gasteiger charge is -2.08. The highest BCUT2D eigenvalue weighted by Gasteiger charge is 2.29. The summed E-state index contributed by atoms with van der Waals surface area (Å²) < 4.78 is 5.40. The van der Waals surface area contributed by atoms with E-state index in [-0.39, 0.29) is 11.8 Å². The standard InChI is InChI=1S/C17H17N5O2/c1-24-13-6-14(18)19-8-12(13)11-7-20-16-10(11)4-5-15(21-16)22-17(23)9-2-3-9/h4-9H,2-3H2,1H3,(H2,18,19)(H2,20,21,22,23). The molecule has 7 nitrogen and oxygen atoms in total. The molecule has 0 unspecified atom stereocenters. The third-order valence-corrected chi connectivity index (χ3v) is 4.14. The van der Waals surface area contributed by atoms with Crippen molar-refractivity contribution in [1.29, 1.82) is 0 Å². The summed E-state index contributed by atoms with van der Waals surface area (Å²) in [4.78, 5) is 23.6. The molecule has 1 amide bonds. The Kier molecular flexibility index (Phi) is 3.34. The molecule has 0 atom stereocenters. The maximum Gasteiger partial charge on any atom is 0.228 e. The maximum absolute atomic E-state index is 11.9. The minimum atomic E-state index is 0.0398. The number of H-pyrrole nitrogens is 1. The van der Waals surface area contributed by atoms with E-state index in [9.17, 15) is 4.79 Å². The zero-order chi connectivity index (χ0) is 16.7. The van der Waals surface area contributed by atoms with Crippen molar-refractivity contribution >= 4 is 28.6 Å². The highest BCUT2D eigenvalue weighted by molar-refractivity contribution is 5.98. The van der Waals surface area contributed by atoms with Gasteiger partial charge in [0.1, 0.15) is 23.0 Å². The molecule has 3 aromatic rings. The molecule has 24 heavy (non-hydrogen) atoms. The number of ether oxygens (including phenoxy) is 1. The van der Waals surface area contributed by atoms with E-state index in [0.717, 1.165) is 29.4 Å². The summed E-state index contributed by atoms with van der Waals surface area (Å²) in [6, 6.07) is 5.41. The fourth-order valence-electron chi connectivity index (χ4n) is 2.69. The Labute approximate surface area is 138 Å². The van der Waals surface area contributed by atoms with Crippen LogP contribution in [0.5, 0.6) is 5.75 Å². The zero-order valence-electron chi connectivity index (χ0n) is 13.2. The molecule has 1 saturated carbocycles. The van der Waals surface area contributed by atoms with Crippen LogP contribution in [0.1, 0.15) is 12.8 Å². The SMILES string of the molecule is COc1cc(N)ncc1-c1c[nH]c2nc(NC(=O)C3CC3)ccc12. The highest BCUT2D eigenvalue weighted by Crippen LogP contribution is 2.35. The molecule has 4 N–H and O–H groups in total. The van der Waals surface area contributed by atoms with Crippen molar-refractivity contribution in [2.24, 2.45) is 5.92 Å². The molecule has 122 valence electrons. The third kappa shape index (κ3) is 2.54. The number of hydrogen-bond acceptors (Lipinski definition) is 5. The number of nitrogens with zero attached hydrogens (tertiary/aromatic N) is 2. The van der Waals surface area contributed by atoms with Crippen molar-refractivity contribution < 1.29 is 9.53 Å². The summed E-state index contributed by atoms with van der Waals surface area (Å²) in [5.74, 6) is 1.79. The van der Waals surface area contributed by atoms with Gasteiger partial charge in [0.2, 0.25) is 5.91 Å². The second-order valence-corrected chi connectivity index (χ2v) is 5.87. The van der Waals surface area contributed by atoms with Gasteiger partial charge < -0.3 is 20.8 Å². The van der Waals surface area contributed by atoms with E-state index < -0.39 is 0 Å². The Morgan fingerprint density at radius 2 is 2.21 bits per heavy atom. The summed E-state index contributed by atoms with van der Waals surface area (Å²) in [6.45, 7) is 0. The van der Waals surface area contributed by atoms with Crippen LogP contribution in [0.4, 0.5) is 11.6 Å². The Balaban J connectivity index is 1.71. The number of pyridine rings is 2. The van der Waals surface area contributed by atoms with Gasteiger partial charge in [-0.15, -0.1) is 0 Å².